The lowest BCUT2D eigenvalue weighted by molar-refractivity contribution is -0.141. The van der Waals surface area contributed by atoms with Gasteiger partial charge in [-0.25, -0.2) is 15.0 Å². The summed E-state index contributed by atoms with van der Waals surface area (Å²) >= 11 is 0. The number of guanidine groups is 1. The molecule has 1 aliphatic rings. The zero-order chi connectivity index (χ0) is 19.3. The van der Waals surface area contributed by atoms with Crippen LogP contribution in [0.25, 0.3) is 0 Å². The SMILES string of the molecule is CN=C(NCc1nccn1CC(F)(F)F)N1CCN(c2ncccn2)CC1.I. The number of hydrogen-bond acceptors (Lipinski definition) is 5. The fourth-order valence-electron chi connectivity index (χ4n) is 2.91. The van der Waals surface area contributed by atoms with Gasteiger partial charge in [-0.2, -0.15) is 13.2 Å². The Labute approximate surface area is 177 Å². The van der Waals surface area contributed by atoms with Crippen molar-refractivity contribution in [3.05, 3.63) is 36.7 Å². The highest BCUT2D eigenvalue weighted by Gasteiger charge is 2.29. The van der Waals surface area contributed by atoms with Crippen LogP contribution >= 0.6 is 24.0 Å². The van der Waals surface area contributed by atoms with Crippen molar-refractivity contribution in [3.63, 3.8) is 0 Å². The second kappa shape index (κ2) is 9.89. The highest BCUT2D eigenvalue weighted by molar-refractivity contribution is 14.0. The molecule has 0 spiro atoms. The van der Waals surface area contributed by atoms with Crippen molar-refractivity contribution in [1.29, 1.82) is 0 Å². The highest BCUT2D eigenvalue weighted by Crippen LogP contribution is 2.18. The number of aromatic nitrogens is 4. The van der Waals surface area contributed by atoms with Gasteiger partial charge in [0.1, 0.15) is 12.4 Å². The molecule has 0 aromatic carbocycles. The van der Waals surface area contributed by atoms with Crippen LogP contribution in [0.3, 0.4) is 0 Å². The van der Waals surface area contributed by atoms with E-state index in [1.165, 1.54) is 12.4 Å². The summed E-state index contributed by atoms with van der Waals surface area (Å²) in [5.74, 6) is 1.63. The molecule has 2 aromatic heterocycles. The van der Waals surface area contributed by atoms with Gasteiger partial charge in [0.25, 0.3) is 0 Å². The molecule has 1 N–H and O–H groups in total. The molecule has 0 saturated carbocycles. The van der Waals surface area contributed by atoms with Crippen molar-refractivity contribution in [2.45, 2.75) is 19.3 Å². The summed E-state index contributed by atoms with van der Waals surface area (Å²) in [6.45, 7) is 1.97. The normalized spacial score (nSPS) is 15.4. The van der Waals surface area contributed by atoms with Crippen molar-refractivity contribution >= 4 is 35.9 Å². The van der Waals surface area contributed by atoms with Gasteiger partial charge in [0.05, 0.1) is 6.54 Å². The number of alkyl halides is 3. The van der Waals surface area contributed by atoms with Crippen LogP contribution in [0, 0.1) is 0 Å². The maximum absolute atomic E-state index is 12.6. The summed E-state index contributed by atoms with van der Waals surface area (Å²) in [6.07, 6.45) is 1.82. The molecule has 12 heteroatoms. The minimum Gasteiger partial charge on any atom is -0.349 e. The van der Waals surface area contributed by atoms with Gasteiger partial charge >= 0.3 is 6.18 Å². The molecule has 3 heterocycles. The number of piperazine rings is 1. The van der Waals surface area contributed by atoms with Gasteiger partial charge in [-0.05, 0) is 6.07 Å². The summed E-state index contributed by atoms with van der Waals surface area (Å²) in [7, 11) is 1.65. The Morgan fingerprint density at radius 3 is 2.39 bits per heavy atom. The lowest BCUT2D eigenvalue weighted by atomic mass is 10.3. The Bertz CT molecular complexity index is 757. The lowest BCUT2D eigenvalue weighted by Crippen LogP contribution is -2.52. The van der Waals surface area contributed by atoms with Crippen LogP contribution in [0.5, 0.6) is 0 Å². The van der Waals surface area contributed by atoms with Crippen LogP contribution in [-0.4, -0.2) is 69.8 Å². The highest BCUT2D eigenvalue weighted by atomic mass is 127. The molecule has 2 aromatic rings. The van der Waals surface area contributed by atoms with Crippen molar-refractivity contribution < 1.29 is 13.2 Å². The Kier molecular flexibility index (Phi) is 7.83. The number of anilines is 1. The van der Waals surface area contributed by atoms with Crippen molar-refractivity contribution in [2.24, 2.45) is 4.99 Å². The van der Waals surface area contributed by atoms with Crippen LogP contribution in [0.4, 0.5) is 19.1 Å². The van der Waals surface area contributed by atoms with Crippen LogP contribution < -0.4 is 10.2 Å². The van der Waals surface area contributed by atoms with E-state index in [4.69, 9.17) is 0 Å². The van der Waals surface area contributed by atoms with Gasteiger partial charge < -0.3 is 19.7 Å². The van der Waals surface area contributed by atoms with E-state index in [2.05, 4.69) is 35.1 Å². The summed E-state index contributed by atoms with van der Waals surface area (Å²) in [6, 6.07) is 1.77. The maximum Gasteiger partial charge on any atom is 0.406 e. The second-order valence-electron chi connectivity index (χ2n) is 6.01. The molecule has 0 aliphatic carbocycles. The van der Waals surface area contributed by atoms with Gasteiger partial charge in [-0.1, -0.05) is 0 Å². The fourth-order valence-corrected chi connectivity index (χ4v) is 2.91. The number of aliphatic imine (C=N–C) groups is 1. The fraction of sp³-hybridized carbons (Fsp3) is 0.500. The van der Waals surface area contributed by atoms with Gasteiger partial charge in [0.15, 0.2) is 5.96 Å². The summed E-state index contributed by atoms with van der Waals surface area (Å²) in [5, 5.41) is 3.10. The number of nitrogens with one attached hydrogen (secondary N) is 1. The average molecular weight is 510 g/mol. The first-order valence-electron chi connectivity index (χ1n) is 8.50. The third kappa shape index (κ3) is 5.94. The summed E-state index contributed by atoms with van der Waals surface area (Å²) in [5.41, 5.74) is 0. The number of imidazole rings is 1. The second-order valence-corrected chi connectivity index (χ2v) is 6.01. The summed E-state index contributed by atoms with van der Waals surface area (Å²) in [4.78, 5) is 20.9. The smallest absolute Gasteiger partial charge is 0.349 e. The zero-order valence-electron chi connectivity index (χ0n) is 15.3. The van der Waals surface area contributed by atoms with Gasteiger partial charge in [-0.3, -0.25) is 4.99 Å². The molecule has 1 fully saturated rings. The van der Waals surface area contributed by atoms with Crippen LogP contribution in [-0.2, 0) is 13.1 Å². The lowest BCUT2D eigenvalue weighted by Gasteiger charge is -2.36. The van der Waals surface area contributed by atoms with E-state index in [-0.39, 0.29) is 30.5 Å². The van der Waals surface area contributed by atoms with Gasteiger partial charge in [-0.15, -0.1) is 24.0 Å². The molecule has 154 valence electrons. The van der Waals surface area contributed by atoms with Crippen molar-refractivity contribution in [3.8, 4) is 0 Å². The molecular weight excluding hydrogens is 488 g/mol. The molecule has 0 unspecified atom stereocenters. The maximum atomic E-state index is 12.6. The van der Waals surface area contributed by atoms with E-state index in [1.807, 2.05) is 0 Å². The molecule has 0 bridgehead atoms. The van der Waals surface area contributed by atoms with Gasteiger partial charge in [0, 0.05) is 58.0 Å². The molecule has 0 amide bonds. The van der Waals surface area contributed by atoms with Crippen molar-refractivity contribution in [2.75, 3.05) is 38.1 Å². The topological polar surface area (TPSA) is 74.5 Å². The summed E-state index contributed by atoms with van der Waals surface area (Å²) < 4.78 is 38.9. The first-order chi connectivity index (χ1) is 13.0. The molecule has 1 aliphatic heterocycles. The average Bonchev–Trinajstić information content (AvgIpc) is 3.09. The molecule has 8 nitrogen and oxygen atoms in total. The Morgan fingerprint density at radius 1 is 1.11 bits per heavy atom. The standard InChI is InChI=1S/C16H21F3N8.HI/c1-20-14(24-11-13-21-5-6-27(13)12-16(17,18)19)25-7-9-26(10-8-25)15-22-3-2-4-23-15;/h2-6H,7-12H2,1H3,(H,20,24);1H. The van der Waals surface area contributed by atoms with E-state index in [0.717, 1.165) is 17.7 Å². The van der Waals surface area contributed by atoms with E-state index in [1.54, 1.807) is 25.5 Å². The zero-order valence-corrected chi connectivity index (χ0v) is 17.6. The predicted octanol–water partition coefficient (Wildman–Crippen LogP) is 1.75. The third-order valence-corrected chi connectivity index (χ3v) is 4.18. The number of hydrogen-bond donors (Lipinski definition) is 1. The Morgan fingerprint density at radius 2 is 1.79 bits per heavy atom. The van der Waals surface area contributed by atoms with Crippen LogP contribution in [0.2, 0.25) is 0 Å². The molecule has 0 atom stereocenters. The first kappa shape index (κ1) is 22.2. The molecular formula is C16H22F3IN8. The Balaban J connectivity index is 0.00000280. The minimum atomic E-state index is -4.28. The monoisotopic (exact) mass is 510 g/mol. The third-order valence-electron chi connectivity index (χ3n) is 4.18. The van der Waals surface area contributed by atoms with Crippen LogP contribution in [0.1, 0.15) is 5.82 Å². The quantitative estimate of drug-likeness (QED) is 0.384. The Hall–Kier alpha value is -2.12. The molecule has 1 saturated heterocycles. The number of rotatable bonds is 4. The van der Waals surface area contributed by atoms with E-state index >= 15 is 0 Å². The number of nitrogens with zero attached hydrogens (tertiary/aromatic N) is 7. The van der Waals surface area contributed by atoms with E-state index in [9.17, 15) is 13.2 Å². The minimum absolute atomic E-state index is 0. The van der Waals surface area contributed by atoms with Gasteiger partial charge in [0.2, 0.25) is 5.95 Å². The number of halogens is 4. The van der Waals surface area contributed by atoms with E-state index in [0.29, 0.717) is 30.8 Å². The molecule has 3 rings (SSSR count). The van der Waals surface area contributed by atoms with E-state index < -0.39 is 12.7 Å². The van der Waals surface area contributed by atoms with Crippen molar-refractivity contribution in [1.82, 2.24) is 29.7 Å². The molecule has 28 heavy (non-hydrogen) atoms. The first-order valence-corrected chi connectivity index (χ1v) is 8.50. The largest absolute Gasteiger partial charge is 0.406 e. The van der Waals surface area contributed by atoms with Crippen LogP contribution in [0.15, 0.2) is 35.8 Å². The molecule has 0 radical (unpaired) electrons. The predicted molar refractivity (Wildman–Crippen MR) is 110 cm³/mol.